The minimum absolute atomic E-state index is 0.913. The summed E-state index contributed by atoms with van der Waals surface area (Å²) in [5, 5.41) is 0. The summed E-state index contributed by atoms with van der Waals surface area (Å²) in [6.45, 7) is 5.80. The van der Waals surface area contributed by atoms with E-state index < -0.39 is 0 Å². The molecule has 0 fully saturated rings. The van der Waals surface area contributed by atoms with Gasteiger partial charge >= 0.3 is 0 Å². The number of nitrogens with two attached hydrogens (primary N) is 1. The van der Waals surface area contributed by atoms with Crippen LogP contribution in [0.2, 0.25) is 0 Å². The molecule has 2 rings (SSSR count). The number of anilines is 2. The molecule has 0 unspecified atom stereocenters. The van der Waals surface area contributed by atoms with Crippen molar-refractivity contribution < 1.29 is 0 Å². The van der Waals surface area contributed by atoms with Crippen molar-refractivity contribution >= 4 is 11.4 Å². The van der Waals surface area contributed by atoms with Crippen molar-refractivity contribution in [2.24, 2.45) is 0 Å². The number of nitrogen functional groups attached to an aromatic ring is 1. The summed E-state index contributed by atoms with van der Waals surface area (Å²) < 4.78 is 0. The Labute approximate surface area is 85.0 Å². The van der Waals surface area contributed by atoms with Crippen LogP contribution in [-0.4, -0.2) is 13.1 Å². The van der Waals surface area contributed by atoms with Gasteiger partial charge in [-0.2, -0.15) is 0 Å². The maximum Gasteiger partial charge on any atom is 0.0422 e. The van der Waals surface area contributed by atoms with E-state index in [4.69, 9.17) is 5.73 Å². The fourth-order valence-corrected chi connectivity index (χ4v) is 2.07. The average Bonchev–Trinajstić information content (AvgIpc) is 2.20. The van der Waals surface area contributed by atoms with Gasteiger partial charge in [-0.1, -0.05) is 12.1 Å². The molecule has 2 nitrogen and oxygen atoms in total. The van der Waals surface area contributed by atoms with Gasteiger partial charge in [0.25, 0.3) is 0 Å². The van der Waals surface area contributed by atoms with Crippen molar-refractivity contribution in [3.8, 4) is 0 Å². The van der Waals surface area contributed by atoms with Gasteiger partial charge in [-0.25, -0.2) is 0 Å². The zero-order valence-corrected chi connectivity index (χ0v) is 8.37. The number of hydrogen-bond acceptors (Lipinski definition) is 2. The lowest BCUT2D eigenvalue weighted by molar-refractivity contribution is 0.724. The molecule has 0 saturated carbocycles. The van der Waals surface area contributed by atoms with Crippen LogP contribution in [0.1, 0.15) is 12.0 Å². The Kier molecular flexibility index (Phi) is 2.44. The molecule has 2 N–H and O–H groups in total. The number of rotatable bonds is 2. The van der Waals surface area contributed by atoms with Crippen LogP contribution in [0, 0.1) is 0 Å². The van der Waals surface area contributed by atoms with Crippen LogP contribution in [0.15, 0.2) is 30.9 Å². The Morgan fingerprint density at radius 3 is 3.14 bits per heavy atom. The molecular weight excluding hydrogens is 172 g/mol. The first-order chi connectivity index (χ1) is 6.83. The Bertz CT molecular complexity index is 344. The van der Waals surface area contributed by atoms with Crippen LogP contribution >= 0.6 is 0 Å². The van der Waals surface area contributed by atoms with Crippen LogP contribution in [0.4, 0.5) is 11.4 Å². The van der Waals surface area contributed by atoms with E-state index in [2.05, 4.69) is 17.5 Å². The van der Waals surface area contributed by atoms with Gasteiger partial charge in [-0.05, 0) is 30.5 Å². The molecule has 0 amide bonds. The molecule has 74 valence electrons. The predicted molar refractivity (Wildman–Crippen MR) is 61.6 cm³/mol. The van der Waals surface area contributed by atoms with Gasteiger partial charge in [0.1, 0.15) is 0 Å². The summed E-state index contributed by atoms with van der Waals surface area (Å²) in [5.41, 5.74) is 9.47. The molecule has 0 aromatic heterocycles. The second-order valence-corrected chi connectivity index (χ2v) is 3.68. The molecule has 0 bridgehead atoms. The summed E-state index contributed by atoms with van der Waals surface area (Å²) in [4.78, 5) is 2.34. The van der Waals surface area contributed by atoms with Gasteiger partial charge in [-0.3, -0.25) is 0 Å². The van der Waals surface area contributed by atoms with Gasteiger partial charge in [0, 0.05) is 24.5 Å². The highest BCUT2D eigenvalue weighted by molar-refractivity contribution is 5.66. The van der Waals surface area contributed by atoms with E-state index in [1.807, 2.05) is 18.2 Å². The summed E-state index contributed by atoms with van der Waals surface area (Å²) in [6.07, 6.45) is 4.24. The van der Waals surface area contributed by atoms with E-state index in [0.717, 1.165) is 25.2 Å². The zero-order valence-electron chi connectivity index (χ0n) is 8.37. The summed E-state index contributed by atoms with van der Waals surface area (Å²) in [7, 11) is 0. The molecule has 2 heteroatoms. The maximum absolute atomic E-state index is 5.95. The SMILES string of the molecule is C=CCN1CCCc2c(N)cccc21. The molecular formula is C12H16N2. The fraction of sp³-hybridized carbons (Fsp3) is 0.333. The van der Waals surface area contributed by atoms with Gasteiger partial charge in [0.05, 0.1) is 0 Å². The van der Waals surface area contributed by atoms with Crippen molar-refractivity contribution in [3.05, 3.63) is 36.4 Å². The molecule has 1 heterocycles. The lowest BCUT2D eigenvalue weighted by Gasteiger charge is -2.31. The molecule has 1 aliphatic heterocycles. The predicted octanol–water partition coefficient (Wildman–Crippen LogP) is 2.21. The minimum atomic E-state index is 0.913. The third-order valence-corrected chi connectivity index (χ3v) is 2.73. The average molecular weight is 188 g/mol. The molecule has 1 aliphatic rings. The fourth-order valence-electron chi connectivity index (χ4n) is 2.07. The third-order valence-electron chi connectivity index (χ3n) is 2.73. The molecule has 0 atom stereocenters. The van der Waals surface area contributed by atoms with Gasteiger partial charge in [0.15, 0.2) is 0 Å². The monoisotopic (exact) mass is 188 g/mol. The van der Waals surface area contributed by atoms with Gasteiger partial charge in [0.2, 0.25) is 0 Å². The maximum atomic E-state index is 5.95. The van der Waals surface area contributed by atoms with E-state index in [9.17, 15) is 0 Å². The first-order valence-electron chi connectivity index (χ1n) is 5.06. The standard InChI is InChI=1S/C12H16N2/c1-2-8-14-9-4-5-10-11(13)6-3-7-12(10)14/h2-3,6-7H,1,4-5,8-9,13H2. The number of nitrogens with zero attached hydrogens (tertiary/aromatic N) is 1. The van der Waals surface area contributed by atoms with Crippen LogP contribution in [0.3, 0.4) is 0 Å². The highest BCUT2D eigenvalue weighted by Crippen LogP contribution is 2.30. The molecule has 14 heavy (non-hydrogen) atoms. The van der Waals surface area contributed by atoms with E-state index in [0.29, 0.717) is 0 Å². The molecule has 1 aromatic carbocycles. The second kappa shape index (κ2) is 3.74. The second-order valence-electron chi connectivity index (χ2n) is 3.68. The van der Waals surface area contributed by atoms with E-state index >= 15 is 0 Å². The zero-order chi connectivity index (χ0) is 9.97. The van der Waals surface area contributed by atoms with Crippen LogP contribution in [0.5, 0.6) is 0 Å². The number of benzene rings is 1. The smallest absolute Gasteiger partial charge is 0.0422 e. The van der Waals surface area contributed by atoms with Crippen LogP contribution in [0.25, 0.3) is 0 Å². The Morgan fingerprint density at radius 2 is 2.36 bits per heavy atom. The lowest BCUT2D eigenvalue weighted by atomic mass is 10.00. The van der Waals surface area contributed by atoms with Crippen LogP contribution < -0.4 is 10.6 Å². The lowest BCUT2D eigenvalue weighted by Crippen LogP contribution is -2.29. The van der Waals surface area contributed by atoms with Crippen molar-refractivity contribution in [1.29, 1.82) is 0 Å². The van der Waals surface area contributed by atoms with Crippen molar-refractivity contribution in [3.63, 3.8) is 0 Å². The first-order valence-corrected chi connectivity index (χ1v) is 5.06. The van der Waals surface area contributed by atoms with Gasteiger partial charge in [-0.15, -0.1) is 6.58 Å². The van der Waals surface area contributed by atoms with Crippen molar-refractivity contribution in [2.75, 3.05) is 23.7 Å². The van der Waals surface area contributed by atoms with Crippen LogP contribution in [-0.2, 0) is 6.42 Å². The molecule has 1 aromatic rings. The highest BCUT2D eigenvalue weighted by Gasteiger charge is 2.16. The number of fused-ring (bicyclic) bond motifs is 1. The number of hydrogen-bond donors (Lipinski definition) is 1. The molecule has 0 aliphatic carbocycles. The Balaban J connectivity index is 2.39. The summed E-state index contributed by atoms with van der Waals surface area (Å²) in [6, 6.07) is 6.15. The first kappa shape index (κ1) is 9.13. The summed E-state index contributed by atoms with van der Waals surface area (Å²) >= 11 is 0. The molecule has 0 saturated heterocycles. The Morgan fingerprint density at radius 1 is 1.50 bits per heavy atom. The molecule has 0 spiro atoms. The normalized spacial score (nSPS) is 15.0. The van der Waals surface area contributed by atoms with E-state index in [-0.39, 0.29) is 0 Å². The Hall–Kier alpha value is -1.44. The largest absolute Gasteiger partial charge is 0.398 e. The topological polar surface area (TPSA) is 29.3 Å². The van der Waals surface area contributed by atoms with Crippen molar-refractivity contribution in [1.82, 2.24) is 0 Å². The van der Waals surface area contributed by atoms with Crippen molar-refractivity contribution in [2.45, 2.75) is 12.8 Å². The van der Waals surface area contributed by atoms with E-state index in [1.54, 1.807) is 0 Å². The summed E-state index contributed by atoms with van der Waals surface area (Å²) in [5.74, 6) is 0. The quantitative estimate of drug-likeness (QED) is 0.569. The third kappa shape index (κ3) is 1.48. The van der Waals surface area contributed by atoms with Gasteiger partial charge < -0.3 is 10.6 Å². The minimum Gasteiger partial charge on any atom is -0.398 e. The highest BCUT2D eigenvalue weighted by atomic mass is 15.1. The molecule has 0 radical (unpaired) electrons. The van der Waals surface area contributed by atoms with E-state index in [1.165, 1.54) is 17.7 Å².